The number of rotatable bonds is 9. The van der Waals surface area contributed by atoms with Crippen molar-refractivity contribution in [1.82, 2.24) is 4.90 Å². The van der Waals surface area contributed by atoms with Gasteiger partial charge in [0.15, 0.2) is 0 Å². The van der Waals surface area contributed by atoms with Gasteiger partial charge in [-0.05, 0) is 65.4 Å². The SMILES string of the molecule is CCCCCCCC(=O)N1CCc2cc(NC(=O)c3ccccc3-c3ccc(C(F)(F)F)cc3)ccc2C1. The number of nitrogens with zero attached hydrogens (tertiary/aromatic N) is 1. The summed E-state index contributed by atoms with van der Waals surface area (Å²) in [6, 6.07) is 17.4. The van der Waals surface area contributed by atoms with Gasteiger partial charge in [-0.2, -0.15) is 13.2 Å². The first-order chi connectivity index (χ1) is 18.3. The van der Waals surface area contributed by atoms with Crippen molar-refractivity contribution >= 4 is 17.5 Å². The van der Waals surface area contributed by atoms with E-state index in [0.717, 1.165) is 42.5 Å². The van der Waals surface area contributed by atoms with E-state index in [-0.39, 0.29) is 11.8 Å². The van der Waals surface area contributed by atoms with Crippen LogP contribution in [0.2, 0.25) is 0 Å². The minimum Gasteiger partial charge on any atom is -0.338 e. The van der Waals surface area contributed by atoms with Crippen molar-refractivity contribution in [1.29, 1.82) is 0 Å². The molecule has 200 valence electrons. The van der Waals surface area contributed by atoms with Crippen LogP contribution < -0.4 is 5.32 Å². The smallest absolute Gasteiger partial charge is 0.338 e. The van der Waals surface area contributed by atoms with Crippen molar-refractivity contribution in [3.63, 3.8) is 0 Å². The molecule has 1 aliphatic rings. The maximum absolute atomic E-state index is 13.2. The molecule has 0 aliphatic carbocycles. The van der Waals surface area contributed by atoms with Crippen LogP contribution in [0.25, 0.3) is 11.1 Å². The molecule has 0 aromatic heterocycles. The Morgan fingerprint density at radius 2 is 1.63 bits per heavy atom. The van der Waals surface area contributed by atoms with Crippen LogP contribution in [-0.2, 0) is 23.9 Å². The summed E-state index contributed by atoms with van der Waals surface area (Å²) in [4.78, 5) is 27.7. The molecule has 0 radical (unpaired) electrons. The summed E-state index contributed by atoms with van der Waals surface area (Å²) in [5.41, 5.74) is 3.56. The van der Waals surface area contributed by atoms with Crippen LogP contribution in [0.4, 0.5) is 18.9 Å². The number of nitrogens with one attached hydrogen (secondary N) is 1. The van der Waals surface area contributed by atoms with E-state index in [2.05, 4.69) is 12.2 Å². The number of fused-ring (bicyclic) bond motifs is 1. The lowest BCUT2D eigenvalue weighted by atomic mass is 9.97. The molecule has 2 amide bonds. The number of carbonyl (C=O) groups is 2. The number of hydrogen-bond donors (Lipinski definition) is 1. The van der Waals surface area contributed by atoms with Crippen molar-refractivity contribution in [2.45, 2.75) is 64.6 Å². The van der Waals surface area contributed by atoms with Crippen LogP contribution in [-0.4, -0.2) is 23.3 Å². The second kappa shape index (κ2) is 12.3. The molecule has 0 atom stereocenters. The molecule has 0 fully saturated rings. The molecule has 0 spiro atoms. The Balaban J connectivity index is 1.41. The summed E-state index contributed by atoms with van der Waals surface area (Å²) in [6.45, 7) is 3.42. The monoisotopic (exact) mass is 522 g/mol. The molecule has 4 nitrogen and oxygen atoms in total. The lowest BCUT2D eigenvalue weighted by Gasteiger charge is -2.29. The normalized spacial score (nSPS) is 13.2. The Hall–Kier alpha value is -3.61. The standard InChI is InChI=1S/C31H33F3N2O2/c1-2-3-4-5-6-11-29(37)36-19-18-23-20-26(17-14-24(23)21-36)35-30(38)28-10-8-7-9-27(28)22-12-15-25(16-13-22)31(32,33)34/h7-10,12-17,20H,2-6,11,18-19,21H2,1H3,(H,35,38). The van der Waals surface area contributed by atoms with E-state index in [9.17, 15) is 22.8 Å². The lowest BCUT2D eigenvalue weighted by Crippen LogP contribution is -2.35. The van der Waals surface area contributed by atoms with E-state index in [4.69, 9.17) is 0 Å². The van der Waals surface area contributed by atoms with Crippen LogP contribution in [0.15, 0.2) is 66.7 Å². The third-order valence-electron chi connectivity index (χ3n) is 7.02. The summed E-state index contributed by atoms with van der Waals surface area (Å²) in [7, 11) is 0. The van der Waals surface area contributed by atoms with Gasteiger partial charge >= 0.3 is 6.18 Å². The average Bonchev–Trinajstić information content (AvgIpc) is 2.92. The molecular weight excluding hydrogens is 489 g/mol. The Kier molecular flexibility index (Phi) is 8.87. The highest BCUT2D eigenvalue weighted by atomic mass is 19.4. The van der Waals surface area contributed by atoms with E-state index in [1.165, 1.54) is 31.4 Å². The lowest BCUT2D eigenvalue weighted by molar-refractivity contribution is -0.137. The Morgan fingerprint density at radius 1 is 0.895 bits per heavy atom. The van der Waals surface area contributed by atoms with Gasteiger partial charge in [0.25, 0.3) is 5.91 Å². The minimum absolute atomic E-state index is 0.199. The third-order valence-corrected chi connectivity index (χ3v) is 7.02. The van der Waals surface area contributed by atoms with Crippen LogP contribution in [0, 0.1) is 0 Å². The molecule has 7 heteroatoms. The molecule has 0 saturated heterocycles. The molecule has 0 bridgehead atoms. The number of hydrogen-bond acceptors (Lipinski definition) is 2. The maximum Gasteiger partial charge on any atom is 0.416 e. The number of unbranched alkanes of at least 4 members (excludes halogenated alkanes) is 4. The zero-order valence-corrected chi connectivity index (χ0v) is 21.6. The van der Waals surface area contributed by atoms with Crippen molar-refractivity contribution in [2.24, 2.45) is 0 Å². The molecule has 38 heavy (non-hydrogen) atoms. The van der Waals surface area contributed by atoms with Gasteiger partial charge in [-0.3, -0.25) is 9.59 Å². The summed E-state index contributed by atoms with van der Waals surface area (Å²) in [5, 5.41) is 2.93. The van der Waals surface area contributed by atoms with E-state index in [1.807, 2.05) is 23.1 Å². The Morgan fingerprint density at radius 3 is 2.37 bits per heavy atom. The predicted octanol–water partition coefficient (Wildman–Crippen LogP) is 7.87. The first-order valence-corrected chi connectivity index (χ1v) is 13.2. The van der Waals surface area contributed by atoms with Gasteiger partial charge in [-0.1, -0.05) is 69.0 Å². The number of anilines is 1. The highest BCUT2D eigenvalue weighted by Gasteiger charge is 2.30. The molecule has 1 aliphatic heterocycles. The number of benzene rings is 3. The summed E-state index contributed by atoms with van der Waals surface area (Å²) < 4.78 is 38.9. The molecule has 3 aromatic carbocycles. The first kappa shape index (κ1) is 27.4. The largest absolute Gasteiger partial charge is 0.416 e. The quantitative estimate of drug-likeness (QED) is 0.291. The van der Waals surface area contributed by atoms with Gasteiger partial charge in [-0.15, -0.1) is 0 Å². The van der Waals surface area contributed by atoms with Crippen molar-refractivity contribution < 1.29 is 22.8 Å². The van der Waals surface area contributed by atoms with Gasteiger partial charge in [-0.25, -0.2) is 0 Å². The van der Waals surface area contributed by atoms with Gasteiger partial charge in [0, 0.05) is 30.8 Å². The number of carbonyl (C=O) groups excluding carboxylic acids is 2. The fraction of sp³-hybridized carbons (Fsp3) is 0.355. The predicted molar refractivity (Wildman–Crippen MR) is 144 cm³/mol. The average molecular weight is 523 g/mol. The van der Waals surface area contributed by atoms with E-state index in [0.29, 0.717) is 41.9 Å². The Labute approximate surface area is 221 Å². The zero-order chi connectivity index (χ0) is 27.1. The first-order valence-electron chi connectivity index (χ1n) is 13.2. The van der Waals surface area contributed by atoms with Crippen molar-refractivity contribution in [2.75, 3.05) is 11.9 Å². The number of halogens is 3. The fourth-order valence-corrected chi connectivity index (χ4v) is 4.85. The van der Waals surface area contributed by atoms with E-state index < -0.39 is 11.7 Å². The van der Waals surface area contributed by atoms with E-state index >= 15 is 0 Å². The summed E-state index contributed by atoms with van der Waals surface area (Å²) in [5.74, 6) is -0.138. The van der Waals surface area contributed by atoms with Gasteiger partial charge in [0.2, 0.25) is 5.91 Å². The molecule has 0 unspecified atom stereocenters. The second-order valence-corrected chi connectivity index (χ2v) is 9.79. The molecule has 1 N–H and O–H groups in total. The van der Waals surface area contributed by atoms with Gasteiger partial charge in [0.1, 0.15) is 0 Å². The molecule has 4 rings (SSSR count). The van der Waals surface area contributed by atoms with Crippen LogP contribution in [0.5, 0.6) is 0 Å². The van der Waals surface area contributed by atoms with Crippen molar-refractivity contribution in [3.05, 3.63) is 89.0 Å². The molecule has 0 saturated carbocycles. The number of alkyl halides is 3. The van der Waals surface area contributed by atoms with Crippen LogP contribution in [0.3, 0.4) is 0 Å². The molecule has 1 heterocycles. The zero-order valence-electron chi connectivity index (χ0n) is 21.6. The van der Waals surface area contributed by atoms with Crippen LogP contribution >= 0.6 is 0 Å². The number of amides is 2. The third kappa shape index (κ3) is 6.82. The maximum atomic E-state index is 13.2. The van der Waals surface area contributed by atoms with Gasteiger partial charge < -0.3 is 10.2 Å². The fourth-order valence-electron chi connectivity index (χ4n) is 4.85. The van der Waals surface area contributed by atoms with E-state index in [1.54, 1.807) is 24.3 Å². The molecular formula is C31H33F3N2O2. The van der Waals surface area contributed by atoms with Crippen molar-refractivity contribution in [3.8, 4) is 11.1 Å². The summed E-state index contributed by atoms with van der Waals surface area (Å²) in [6.07, 6.45) is 2.50. The highest BCUT2D eigenvalue weighted by molar-refractivity contribution is 6.08. The topological polar surface area (TPSA) is 49.4 Å². The van der Waals surface area contributed by atoms with Gasteiger partial charge in [0.05, 0.1) is 5.56 Å². The molecule has 3 aromatic rings. The second-order valence-electron chi connectivity index (χ2n) is 9.79. The van der Waals surface area contributed by atoms with Crippen LogP contribution in [0.1, 0.15) is 72.5 Å². The Bertz CT molecular complexity index is 1270. The minimum atomic E-state index is -4.42. The highest BCUT2D eigenvalue weighted by Crippen LogP contribution is 2.32. The summed E-state index contributed by atoms with van der Waals surface area (Å²) >= 11 is 0.